The van der Waals surface area contributed by atoms with Gasteiger partial charge in [-0.05, 0) is 31.4 Å². The van der Waals surface area contributed by atoms with Gasteiger partial charge in [0.1, 0.15) is 5.30 Å². The monoisotopic (exact) mass is 309 g/mol. The number of hydrogen-bond donors (Lipinski definition) is 2. The highest BCUT2D eigenvalue weighted by molar-refractivity contribution is 7.79. The Morgan fingerprint density at radius 2 is 1.29 bits per heavy atom. The molecular formula is C18H34N2P+. The summed E-state index contributed by atoms with van der Waals surface area (Å²) in [6.07, 6.45) is 8.85. The van der Waals surface area contributed by atoms with Crippen LogP contribution in [0.4, 0.5) is 0 Å². The number of unbranched alkanes of at least 4 members (excludes halogenated alkanes) is 3. The van der Waals surface area contributed by atoms with Crippen molar-refractivity contribution in [2.45, 2.75) is 59.3 Å². The van der Waals surface area contributed by atoms with Crippen LogP contribution >= 0.6 is 7.56 Å². The average Bonchev–Trinajstić information content (AvgIpc) is 2.53. The van der Waals surface area contributed by atoms with E-state index in [1.165, 1.54) is 50.0 Å². The molecule has 0 radical (unpaired) electrons. The summed E-state index contributed by atoms with van der Waals surface area (Å²) in [5.74, 6) is 0. The van der Waals surface area contributed by atoms with Gasteiger partial charge in [-0.3, -0.25) is 0 Å². The number of rotatable bonds is 12. The van der Waals surface area contributed by atoms with Crippen molar-refractivity contribution in [1.29, 1.82) is 0 Å². The highest BCUT2D eigenvalue weighted by Crippen LogP contribution is 2.49. The zero-order chi connectivity index (χ0) is 15.4. The van der Waals surface area contributed by atoms with Gasteiger partial charge < -0.3 is 0 Å². The topological polar surface area (TPSA) is 24.1 Å². The smallest absolute Gasteiger partial charge is 0.172 e. The maximum atomic E-state index is 3.94. The van der Waals surface area contributed by atoms with Gasteiger partial charge in [0.25, 0.3) is 0 Å². The van der Waals surface area contributed by atoms with E-state index in [2.05, 4.69) is 61.3 Å². The summed E-state index contributed by atoms with van der Waals surface area (Å²) < 4.78 is 0. The molecule has 0 unspecified atom stereocenters. The zero-order valence-corrected chi connectivity index (χ0v) is 15.1. The molecule has 0 aromatic heterocycles. The molecule has 2 N–H and O–H groups in total. The number of benzene rings is 1. The lowest BCUT2D eigenvalue weighted by Gasteiger charge is -2.28. The second-order valence-corrected chi connectivity index (χ2v) is 8.96. The normalized spacial score (nSPS) is 11.8. The largest absolute Gasteiger partial charge is 0.180 e. The number of hydrogen-bond acceptors (Lipinski definition) is 2. The Labute approximate surface area is 132 Å². The maximum absolute atomic E-state index is 3.94. The maximum Gasteiger partial charge on any atom is 0.180 e. The average molecular weight is 309 g/mol. The minimum atomic E-state index is -1.42. The van der Waals surface area contributed by atoms with Crippen molar-refractivity contribution in [3.8, 4) is 0 Å². The van der Waals surface area contributed by atoms with Crippen molar-refractivity contribution in [3.05, 3.63) is 30.3 Å². The Balaban J connectivity index is 2.89. The van der Waals surface area contributed by atoms with E-state index in [1.807, 2.05) is 0 Å². The summed E-state index contributed by atoms with van der Waals surface area (Å²) in [5, 5.41) is 9.38. The lowest BCUT2D eigenvalue weighted by molar-refractivity contribution is 0.729. The zero-order valence-electron chi connectivity index (χ0n) is 14.2. The summed E-state index contributed by atoms with van der Waals surface area (Å²) in [7, 11) is -1.42. The van der Waals surface area contributed by atoms with Crippen molar-refractivity contribution in [1.82, 2.24) is 10.2 Å². The van der Waals surface area contributed by atoms with Crippen LogP contribution in [-0.2, 0) is 0 Å². The van der Waals surface area contributed by atoms with Crippen molar-refractivity contribution in [2.24, 2.45) is 0 Å². The molecule has 3 heteroatoms. The predicted octanol–water partition coefficient (Wildman–Crippen LogP) is 4.74. The lowest BCUT2D eigenvalue weighted by Crippen LogP contribution is -2.38. The molecule has 0 saturated heterocycles. The van der Waals surface area contributed by atoms with E-state index in [9.17, 15) is 0 Å². The third-order valence-electron chi connectivity index (χ3n) is 3.87. The fourth-order valence-corrected chi connectivity index (χ4v) is 6.10. The van der Waals surface area contributed by atoms with Crippen LogP contribution in [0.1, 0.15) is 59.3 Å². The van der Waals surface area contributed by atoms with Crippen molar-refractivity contribution in [2.75, 3.05) is 19.3 Å². The summed E-state index contributed by atoms with van der Waals surface area (Å²) in [5.41, 5.74) is 0. The number of nitrogens with one attached hydrogen (secondary N) is 2. The van der Waals surface area contributed by atoms with Crippen molar-refractivity contribution < 1.29 is 0 Å². The molecule has 0 fully saturated rings. The third kappa shape index (κ3) is 6.46. The first-order valence-corrected chi connectivity index (χ1v) is 10.7. The van der Waals surface area contributed by atoms with Crippen LogP contribution in [-0.4, -0.2) is 19.3 Å². The van der Waals surface area contributed by atoms with Gasteiger partial charge in [-0.2, -0.15) is 10.2 Å². The highest BCUT2D eigenvalue weighted by Gasteiger charge is 2.38. The van der Waals surface area contributed by atoms with Gasteiger partial charge >= 0.3 is 0 Å². The van der Waals surface area contributed by atoms with Crippen LogP contribution in [0.5, 0.6) is 0 Å². The van der Waals surface area contributed by atoms with Gasteiger partial charge in [0.05, 0.1) is 6.16 Å². The van der Waals surface area contributed by atoms with Crippen LogP contribution in [0.2, 0.25) is 0 Å². The molecule has 0 atom stereocenters. The van der Waals surface area contributed by atoms with E-state index in [1.54, 1.807) is 0 Å². The fraction of sp³-hybridized carbons (Fsp3) is 0.667. The first kappa shape index (κ1) is 18.6. The van der Waals surface area contributed by atoms with E-state index < -0.39 is 7.56 Å². The van der Waals surface area contributed by atoms with Gasteiger partial charge in [0.15, 0.2) is 7.56 Å². The third-order valence-corrected chi connectivity index (χ3v) is 7.56. The Morgan fingerprint density at radius 3 is 1.76 bits per heavy atom. The van der Waals surface area contributed by atoms with Crippen LogP contribution < -0.4 is 15.5 Å². The van der Waals surface area contributed by atoms with Gasteiger partial charge in [-0.1, -0.05) is 58.2 Å². The summed E-state index contributed by atoms with van der Waals surface area (Å²) in [6.45, 7) is 9.07. The second kappa shape index (κ2) is 11.2. The SMILES string of the molecule is CCCCN[P+](CCCC)(NCCCC)c1ccccc1. The molecule has 0 heterocycles. The molecule has 0 amide bonds. The molecule has 0 saturated carbocycles. The fourth-order valence-electron chi connectivity index (χ4n) is 2.50. The quantitative estimate of drug-likeness (QED) is 0.430. The molecule has 21 heavy (non-hydrogen) atoms. The van der Waals surface area contributed by atoms with Crippen molar-refractivity contribution >= 4 is 12.9 Å². The van der Waals surface area contributed by atoms with E-state index >= 15 is 0 Å². The molecule has 1 rings (SSSR count). The molecule has 0 aliphatic heterocycles. The molecule has 120 valence electrons. The summed E-state index contributed by atoms with van der Waals surface area (Å²) in [4.78, 5) is 0. The molecule has 1 aromatic rings. The molecule has 0 spiro atoms. The first-order valence-electron chi connectivity index (χ1n) is 8.73. The van der Waals surface area contributed by atoms with E-state index in [0.717, 1.165) is 13.1 Å². The second-order valence-electron chi connectivity index (χ2n) is 5.75. The van der Waals surface area contributed by atoms with Crippen LogP contribution in [0.25, 0.3) is 0 Å². The minimum absolute atomic E-state index is 1.13. The predicted molar refractivity (Wildman–Crippen MR) is 98.6 cm³/mol. The Kier molecular flexibility index (Phi) is 9.91. The Morgan fingerprint density at radius 1 is 0.762 bits per heavy atom. The van der Waals surface area contributed by atoms with E-state index in [0.29, 0.717) is 0 Å². The van der Waals surface area contributed by atoms with Gasteiger partial charge in [-0.25, -0.2) is 0 Å². The van der Waals surface area contributed by atoms with E-state index in [-0.39, 0.29) is 0 Å². The molecular weight excluding hydrogens is 275 g/mol. The van der Waals surface area contributed by atoms with Gasteiger partial charge in [0.2, 0.25) is 0 Å². The minimum Gasteiger partial charge on any atom is -0.172 e. The Bertz CT molecular complexity index is 343. The first-order chi connectivity index (χ1) is 10.3. The van der Waals surface area contributed by atoms with E-state index in [4.69, 9.17) is 0 Å². The lowest BCUT2D eigenvalue weighted by atomic mass is 10.3. The standard InChI is InChI=1S/C18H34N2P/c1-4-7-15-19-21(17-9-6-3,20-16-8-5-2)18-13-11-10-12-14-18/h10-14,19-20H,4-9,15-17H2,1-3H3/q+1. The van der Waals surface area contributed by atoms with Crippen molar-refractivity contribution in [3.63, 3.8) is 0 Å². The summed E-state index contributed by atoms with van der Waals surface area (Å²) in [6, 6.07) is 11.1. The summed E-state index contributed by atoms with van der Waals surface area (Å²) >= 11 is 0. The Hall–Kier alpha value is -0.430. The van der Waals surface area contributed by atoms with Gasteiger partial charge in [-0.15, -0.1) is 0 Å². The van der Waals surface area contributed by atoms with Crippen LogP contribution in [0, 0.1) is 0 Å². The van der Waals surface area contributed by atoms with Gasteiger partial charge in [0, 0.05) is 13.1 Å². The molecule has 2 nitrogen and oxygen atoms in total. The molecule has 0 bridgehead atoms. The molecule has 1 aromatic carbocycles. The molecule has 0 aliphatic carbocycles. The molecule has 0 aliphatic rings. The highest BCUT2D eigenvalue weighted by atomic mass is 31.2. The van der Waals surface area contributed by atoms with Crippen LogP contribution in [0.3, 0.4) is 0 Å². The van der Waals surface area contributed by atoms with Crippen LogP contribution in [0.15, 0.2) is 30.3 Å².